The summed E-state index contributed by atoms with van der Waals surface area (Å²) in [4.78, 5) is 16.7. The molecule has 1 aliphatic carbocycles. The van der Waals surface area contributed by atoms with Crippen LogP contribution in [0.3, 0.4) is 0 Å². The van der Waals surface area contributed by atoms with E-state index in [2.05, 4.69) is 45.6 Å². The van der Waals surface area contributed by atoms with Gasteiger partial charge in [-0.3, -0.25) is 0 Å². The molecule has 0 bridgehead atoms. The number of nitrogens with two attached hydrogens (primary N) is 1. The van der Waals surface area contributed by atoms with Crippen LogP contribution in [0.25, 0.3) is 27.9 Å². The Balaban J connectivity index is 1.38. The van der Waals surface area contributed by atoms with Crippen LogP contribution in [-0.2, 0) is 0 Å². The van der Waals surface area contributed by atoms with Gasteiger partial charge in [0.25, 0.3) is 0 Å². The van der Waals surface area contributed by atoms with Crippen molar-refractivity contribution in [1.29, 1.82) is 0 Å². The molecule has 9 heteroatoms. The molecule has 1 saturated heterocycles. The zero-order valence-electron chi connectivity index (χ0n) is 20.2. The molecular weight excluding hydrogens is 426 g/mol. The number of likely N-dealkylation sites (N-methyl/N-ethyl adjacent to an activating group) is 1. The van der Waals surface area contributed by atoms with Gasteiger partial charge in [0, 0.05) is 37.1 Å². The number of anilines is 2. The number of nitrogens with zero attached hydrogens (tertiary/aromatic N) is 7. The van der Waals surface area contributed by atoms with Gasteiger partial charge in [0.15, 0.2) is 11.5 Å². The van der Waals surface area contributed by atoms with Crippen molar-refractivity contribution in [3.05, 3.63) is 41.5 Å². The highest BCUT2D eigenvalue weighted by molar-refractivity contribution is 5.88. The molecule has 2 aliphatic rings. The lowest BCUT2D eigenvalue weighted by atomic mass is 10.0. The van der Waals surface area contributed by atoms with E-state index in [-0.39, 0.29) is 12.1 Å². The van der Waals surface area contributed by atoms with Crippen LogP contribution in [0.2, 0.25) is 0 Å². The van der Waals surface area contributed by atoms with Gasteiger partial charge in [-0.15, -0.1) is 5.10 Å². The number of fused-ring (bicyclic) bond motifs is 2. The van der Waals surface area contributed by atoms with E-state index in [9.17, 15) is 0 Å². The summed E-state index contributed by atoms with van der Waals surface area (Å²) in [5.41, 5.74) is 13.8. The van der Waals surface area contributed by atoms with Crippen molar-refractivity contribution >= 4 is 28.4 Å². The zero-order chi connectivity index (χ0) is 23.6. The Bertz CT molecular complexity index is 1440. The normalized spacial score (nSPS) is 18.5. The van der Waals surface area contributed by atoms with Crippen molar-refractivity contribution in [3.63, 3.8) is 0 Å². The van der Waals surface area contributed by atoms with E-state index in [1.54, 1.807) is 5.57 Å². The van der Waals surface area contributed by atoms with Crippen molar-refractivity contribution in [2.75, 3.05) is 24.6 Å². The number of allylic oxidation sites excluding steroid dienone is 1. The number of hydrogen-bond donors (Lipinski definition) is 2. The molecule has 0 aromatic carbocycles. The molecule has 0 amide bonds. The van der Waals surface area contributed by atoms with Crippen LogP contribution >= 0.6 is 0 Å². The van der Waals surface area contributed by atoms with Crippen molar-refractivity contribution in [2.45, 2.75) is 58.5 Å². The van der Waals surface area contributed by atoms with Gasteiger partial charge in [-0.05, 0) is 70.2 Å². The van der Waals surface area contributed by atoms with Crippen LogP contribution in [0, 0.1) is 6.92 Å². The highest BCUT2D eigenvalue weighted by atomic mass is 15.3. The number of hydrogen-bond acceptors (Lipinski definition) is 7. The van der Waals surface area contributed by atoms with Gasteiger partial charge < -0.3 is 20.5 Å². The van der Waals surface area contributed by atoms with Crippen LogP contribution in [-0.4, -0.2) is 53.7 Å². The summed E-state index contributed by atoms with van der Waals surface area (Å²) in [6.07, 6.45) is 6.56. The second-order valence-corrected chi connectivity index (χ2v) is 9.75. The van der Waals surface area contributed by atoms with Crippen LogP contribution < -0.4 is 11.1 Å². The molecule has 2 fully saturated rings. The third-order valence-corrected chi connectivity index (χ3v) is 6.94. The Labute approximate surface area is 198 Å². The molecule has 0 radical (unpaired) electrons. The molecule has 4 aromatic rings. The number of nitrogen functional groups attached to an aromatic ring is 1. The van der Waals surface area contributed by atoms with E-state index in [1.807, 2.05) is 35.8 Å². The summed E-state index contributed by atoms with van der Waals surface area (Å²) in [6.45, 7) is 7.41. The fourth-order valence-corrected chi connectivity index (χ4v) is 5.36. The first-order valence-electron chi connectivity index (χ1n) is 12.1. The van der Waals surface area contributed by atoms with Crippen molar-refractivity contribution < 1.29 is 0 Å². The van der Waals surface area contributed by atoms with E-state index >= 15 is 0 Å². The molecule has 4 aromatic heterocycles. The van der Waals surface area contributed by atoms with Crippen LogP contribution in [0.5, 0.6) is 0 Å². The maximum Gasteiger partial charge on any atom is 0.243 e. The minimum absolute atomic E-state index is 0.228. The van der Waals surface area contributed by atoms with E-state index in [4.69, 9.17) is 15.8 Å². The highest BCUT2D eigenvalue weighted by Gasteiger charge is 2.30. The maximum atomic E-state index is 6.49. The van der Waals surface area contributed by atoms with E-state index in [1.165, 1.54) is 18.5 Å². The predicted octanol–water partition coefficient (Wildman–Crippen LogP) is 4.17. The van der Waals surface area contributed by atoms with Crippen LogP contribution in [0.15, 0.2) is 35.7 Å². The summed E-state index contributed by atoms with van der Waals surface area (Å²) in [6, 6.07) is 6.52. The van der Waals surface area contributed by atoms with Gasteiger partial charge in [0.1, 0.15) is 16.9 Å². The number of imidazole rings is 1. The van der Waals surface area contributed by atoms with Crippen LogP contribution in [0.1, 0.15) is 51.4 Å². The summed E-state index contributed by atoms with van der Waals surface area (Å²) in [5, 5.41) is 8.32. The molecule has 3 N–H and O–H groups in total. The zero-order valence-corrected chi connectivity index (χ0v) is 20.2. The molecule has 0 spiro atoms. The van der Waals surface area contributed by atoms with Crippen molar-refractivity contribution in [2.24, 2.45) is 0 Å². The average Bonchev–Trinajstić information content (AvgIpc) is 3.42. The molecular formula is C25H31N9. The molecule has 0 unspecified atom stereocenters. The van der Waals surface area contributed by atoms with E-state index < -0.39 is 0 Å². The van der Waals surface area contributed by atoms with Gasteiger partial charge in [-0.25, -0.2) is 14.5 Å². The number of pyridine rings is 1. The third kappa shape index (κ3) is 3.38. The molecule has 9 nitrogen and oxygen atoms in total. The smallest absolute Gasteiger partial charge is 0.243 e. The first-order valence-corrected chi connectivity index (χ1v) is 12.1. The van der Waals surface area contributed by atoms with Crippen LogP contribution in [0.4, 0.5) is 11.8 Å². The minimum Gasteiger partial charge on any atom is -0.382 e. The highest BCUT2D eigenvalue weighted by Crippen LogP contribution is 2.38. The molecule has 1 saturated carbocycles. The van der Waals surface area contributed by atoms with E-state index in [0.29, 0.717) is 11.8 Å². The first kappa shape index (κ1) is 20.9. The summed E-state index contributed by atoms with van der Waals surface area (Å²) < 4.78 is 3.97. The third-order valence-electron chi connectivity index (χ3n) is 6.94. The lowest BCUT2D eigenvalue weighted by molar-refractivity contribution is 0.327. The largest absolute Gasteiger partial charge is 0.382 e. The Morgan fingerprint density at radius 1 is 1.12 bits per heavy atom. The second kappa shape index (κ2) is 7.72. The molecule has 34 heavy (non-hydrogen) atoms. The van der Waals surface area contributed by atoms with Gasteiger partial charge in [0.05, 0.1) is 11.7 Å². The second-order valence-electron chi connectivity index (χ2n) is 9.75. The number of nitrogens with one attached hydrogen (secondary N) is 1. The standard InChI is InChI=1S/C25H31N9/c1-14(2)34-15(3)27-20-10-9-18(28-24(20)34)17-11-13-33-22(17)23(26)30-25(31-33)29-19-6-5-12-32(4)21(19)16-7-8-16/h9-11,13-14,19H,5-8,12H2,1-4H3,(H3,26,29,30,31)/t19-/m0/s1. The molecule has 1 aliphatic heterocycles. The molecule has 176 valence electrons. The fraction of sp³-hybridized carbons (Fsp3) is 0.440. The summed E-state index contributed by atoms with van der Waals surface area (Å²) in [7, 11) is 2.18. The maximum absolute atomic E-state index is 6.49. The first-order chi connectivity index (χ1) is 16.4. The summed E-state index contributed by atoms with van der Waals surface area (Å²) >= 11 is 0. The Hall–Kier alpha value is -3.62. The molecule has 5 heterocycles. The van der Waals surface area contributed by atoms with Gasteiger partial charge in [0.2, 0.25) is 5.95 Å². The van der Waals surface area contributed by atoms with Crippen molar-refractivity contribution in [3.8, 4) is 11.3 Å². The number of aromatic nitrogens is 6. The quantitative estimate of drug-likeness (QED) is 0.474. The number of piperidine rings is 1. The van der Waals surface area contributed by atoms with Gasteiger partial charge in [-0.2, -0.15) is 4.98 Å². The average molecular weight is 458 g/mol. The minimum atomic E-state index is 0.228. The number of rotatable bonds is 4. The Morgan fingerprint density at radius 2 is 1.94 bits per heavy atom. The fourth-order valence-electron chi connectivity index (χ4n) is 5.36. The Kier molecular flexibility index (Phi) is 4.75. The summed E-state index contributed by atoms with van der Waals surface area (Å²) in [5.74, 6) is 1.96. The molecule has 6 rings (SSSR count). The monoisotopic (exact) mass is 457 g/mol. The predicted molar refractivity (Wildman–Crippen MR) is 135 cm³/mol. The Morgan fingerprint density at radius 3 is 2.71 bits per heavy atom. The lowest BCUT2D eigenvalue weighted by Crippen LogP contribution is -2.38. The number of likely N-dealkylation sites (tertiary alicyclic amines) is 1. The van der Waals surface area contributed by atoms with E-state index in [0.717, 1.165) is 53.1 Å². The number of aryl methyl sites for hydroxylation is 1. The molecule has 1 atom stereocenters. The lowest BCUT2D eigenvalue weighted by Gasteiger charge is -2.35. The SMILES string of the molecule is Cc1nc2ccc(-c3ccn4nc(N[C@H]5CCCN(C)C5=C5CC5)nc(N)c34)nc2n1C(C)C. The van der Waals surface area contributed by atoms with Gasteiger partial charge in [-0.1, -0.05) is 0 Å². The van der Waals surface area contributed by atoms with Crippen molar-refractivity contribution in [1.82, 2.24) is 34.0 Å². The topological polar surface area (TPSA) is 102 Å². The van der Waals surface area contributed by atoms with Gasteiger partial charge >= 0.3 is 0 Å².